The van der Waals surface area contributed by atoms with Gasteiger partial charge >= 0.3 is 5.97 Å². The fourth-order valence-electron chi connectivity index (χ4n) is 2.02. The van der Waals surface area contributed by atoms with Crippen LogP contribution in [-0.2, 0) is 14.8 Å². The number of hydrogen-bond donors (Lipinski definition) is 1. The van der Waals surface area contributed by atoms with Crippen LogP contribution in [0, 0.1) is 0 Å². The molecule has 22 heavy (non-hydrogen) atoms. The van der Waals surface area contributed by atoms with Crippen LogP contribution in [0.3, 0.4) is 0 Å². The molecule has 122 valence electrons. The minimum Gasteiger partial charge on any atom is -0.480 e. The van der Waals surface area contributed by atoms with Crippen molar-refractivity contribution in [3.8, 4) is 0 Å². The molecule has 1 amide bonds. The van der Waals surface area contributed by atoms with Crippen LogP contribution in [0.5, 0.6) is 0 Å². The van der Waals surface area contributed by atoms with Crippen LogP contribution in [0.15, 0.2) is 21.8 Å². The van der Waals surface area contributed by atoms with E-state index in [1.165, 1.54) is 25.9 Å². The third-order valence-corrected chi connectivity index (χ3v) is 5.19. The second kappa shape index (κ2) is 5.73. The lowest BCUT2D eigenvalue weighted by molar-refractivity contribution is -0.141. The van der Waals surface area contributed by atoms with E-state index in [9.17, 15) is 18.0 Å². The van der Waals surface area contributed by atoms with Gasteiger partial charge in [-0.2, -0.15) is 0 Å². The SMILES string of the molecule is CC(C(=O)O)N(C(=O)c1coc(S(=O)(=O)N(C)C)c1)C1CC1. The maximum atomic E-state index is 12.5. The Balaban J connectivity index is 2.29. The summed E-state index contributed by atoms with van der Waals surface area (Å²) in [5.74, 6) is -1.65. The molecule has 0 saturated heterocycles. The number of carbonyl (C=O) groups excluding carboxylic acids is 1. The largest absolute Gasteiger partial charge is 0.480 e. The average Bonchev–Trinajstić information content (AvgIpc) is 3.13. The number of hydrogen-bond acceptors (Lipinski definition) is 5. The van der Waals surface area contributed by atoms with E-state index in [0.29, 0.717) is 0 Å². The van der Waals surface area contributed by atoms with Crippen molar-refractivity contribution in [1.82, 2.24) is 9.21 Å². The van der Waals surface area contributed by atoms with Crippen LogP contribution in [0.4, 0.5) is 0 Å². The van der Waals surface area contributed by atoms with Crippen molar-refractivity contribution in [3.05, 3.63) is 17.9 Å². The van der Waals surface area contributed by atoms with Crippen LogP contribution in [-0.4, -0.2) is 60.8 Å². The molecule has 1 aliphatic rings. The third-order valence-electron chi connectivity index (χ3n) is 3.51. The zero-order valence-corrected chi connectivity index (χ0v) is 13.3. The highest BCUT2D eigenvalue weighted by Gasteiger charge is 2.39. The predicted octanol–water partition coefficient (Wildman–Crippen LogP) is 0.608. The number of aliphatic carboxylic acids is 1. The molecule has 1 fully saturated rings. The minimum absolute atomic E-state index is 0.0282. The molecule has 1 saturated carbocycles. The Morgan fingerprint density at radius 2 is 1.95 bits per heavy atom. The Kier molecular flexibility index (Phi) is 4.30. The molecule has 2 rings (SSSR count). The van der Waals surface area contributed by atoms with Gasteiger partial charge in [0.25, 0.3) is 15.9 Å². The van der Waals surface area contributed by atoms with Crippen LogP contribution < -0.4 is 0 Å². The summed E-state index contributed by atoms with van der Waals surface area (Å²) in [6, 6.07) is 0.0212. The van der Waals surface area contributed by atoms with Gasteiger partial charge in [0.1, 0.15) is 12.3 Å². The minimum atomic E-state index is -3.78. The van der Waals surface area contributed by atoms with E-state index in [1.807, 2.05) is 0 Å². The van der Waals surface area contributed by atoms with E-state index >= 15 is 0 Å². The monoisotopic (exact) mass is 330 g/mol. The Labute approximate surface area is 128 Å². The lowest BCUT2D eigenvalue weighted by Gasteiger charge is -2.25. The molecule has 1 aromatic rings. The summed E-state index contributed by atoms with van der Waals surface area (Å²) in [5, 5.41) is 8.76. The standard InChI is InChI=1S/C13H18N2O6S/c1-8(13(17)18)15(10-4-5-10)12(16)9-6-11(21-7-9)22(19,20)14(2)3/h6-8,10H,4-5H2,1-3H3,(H,17,18). The van der Waals surface area contributed by atoms with Crippen molar-refractivity contribution in [2.75, 3.05) is 14.1 Å². The molecule has 1 N–H and O–H groups in total. The van der Waals surface area contributed by atoms with Crippen molar-refractivity contribution >= 4 is 21.9 Å². The van der Waals surface area contributed by atoms with E-state index in [-0.39, 0.29) is 16.7 Å². The molecular weight excluding hydrogens is 312 g/mol. The number of sulfonamides is 1. The van der Waals surface area contributed by atoms with Gasteiger partial charge in [0, 0.05) is 26.2 Å². The molecule has 1 aliphatic carbocycles. The Morgan fingerprint density at radius 1 is 1.36 bits per heavy atom. The molecule has 1 heterocycles. The first-order valence-electron chi connectivity index (χ1n) is 6.72. The van der Waals surface area contributed by atoms with Crippen molar-refractivity contribution < 1.29 is 27.5 Å². The number of carboxylic acids is 1. The average molecular weight is 330 g/mol. The van der Waals surface area contributed by atoms with E-state index in [4.69, 9.17) is 9.52 Å². The second-order valence-electron chi connectivity index (χ2n) is 5.40. The van der Waals surface area contributed by atoms with Crippen molar-refractivity contribution in [1.29, 1.82) is 0 Å². The smallest absolute Gasteiger partial charge is 0.326 e. The molecule has 0 aliphatic heterocycles. The van der Waals surface area contributed by atoms with Gasteiger partial charge in [0.2, 0.25) is 5.09 Å². The highest BCUT2D eigenvalue weighted by molar-refractivity contribution is 7.88. The molecule has 0 spiro atoms. The third kappa shape index (κ3) is 3.00. The number of amides is 1. The number of carbonyl (C=O) groups is 2. The summed E-state index contributed by atoms with van der Waals surface area (Å²) >= 11 is 0. The summed E-state index contributed by atoms with van der Waals surface area (Å²) < 4.78 is 29.8. The first-order valence-corrected chi connectivity index (χ1v) is 8.16. The van der Waals surface area contributed by atoms with Crippen molar-refractivity contribution in [2.24, 2.45) is 0 Å². The van der Waals surface area contributed by atoms with Gasteiger partial charge in [-0.25, -0.2) is 17.5 Å². The van der Waals surface area contributed by atoms with Gasteiger partial charge < -0.3 is 14.4 Å². The first kappa shape index (κ1) is 16.5. The van der Waals surface area contributed by atoms with Crippen LogP contribution in [0.1, 0.15) is 30.1 Å². The van der Waals surface area contributed by atoms with Gasteiger partial charge in [0.15, 0.2) is 0 Å². The molecule has 8 nitrogen and oxygen atoms in total. The molecule has 0 aromatic carbocycles. The number of carboxylic acid groups (broad SMARTS) is 1. The quantitative estimate of drug-likeness (QED) is 0.818. The molecule has 9 heteroatoms. The number of rotatable bonds is 6. The molecule has 1 atom stereocenters. The maximum Gasteiger partial charge on any atom is 0.326 e. The lowest BCUT2D eigenvalue weighted by atomic mass is 10.2. The van der Waals surface area contributed by atoms with E-state index < -0.39 is 27.9 Å². The summed E-state index contributed by atoms with van der Waals surface area (Å²) in [4.78, 5) is 24.9. The lowest BCUT2D eigenvalue weighted by Crippen LogP contribution is -2.44. The normalized spacial score (nSPS) is 16.5. The Morgan fingerprint density at radius 3 is 2.41 bits per heavy atom. The molecule has 1 aromatic heterocycles. The fourth-order valence-corrected chi connectivity index (χ4v) is 2.83. The Hall–Kier alpha value is -1.87. The Bertz CT molecular complexity index is 689. The highest BCUT2D eigenvalue weighted by Crippen LogP contribution is 2.31. The van der Waals surface area contributed by atoms with Crippen molar-refractivity contribution in [3.63, 3.8) is 0 Å². The van der Waals surface area contributed by atoms with Gasteiger partial charge in [-0.3, -0.25) is 4.79 Å². The topological polar surface area (TPSA) is 108 Å². The highest BCUT2D eigenvalue weighted by atomic mass is 32.2. The van der Waals surface area contributed by atoms with Gasteiger partial charge in [-0.1, -0.05) is 0 Å². The summed E-state index contributed by atoms with van der Waals surface area (Å²) in [5.41, 5.74) is 0.0282. The zero-order chi connectivity index (χ0) is 16.7. The predicted molar refractivity (Wildman–Crippen MR) is 75.9 cm³/mol. The number of furan rings is 1. The summed E-state index contributed by atoms with van der Waals surface area (Å²) in [7, 11) is -1.08. The van der Waals surface area contributed by atoms with Gasteiger partial charge in [-0.15, -0.1) is 0 Å². The zero-order valence-electron chi connectivity index (χ0n) is 12.5. The maximum absolute atomic E-state index is 12.5. The van der Waals surface area contributed by atoms with Crippen molar-refractivity contribution in [2.45, 2.75) is 36.9 Å². The first-order chi connectivity index (χ1) is 10.2. The van der Waals surface area contributed by atoms with Crippen LogP contribution in [0.2, 0.25) is 0 Å². The number of nitrogens with zero attached hydrogens (tertiary/aromatic N) is 2. The van der Waals surface area contributed by atoms with Crippen LogP contribution >= 0.6 is 0 Å². The molecule has 0 bridgehead atoms. The van der Waals surface area contributed by atoms with E-state index in [0.717, 1.165) is 29.5 Å². The fraction of sp³-hybridized carbons (Fsp3) is 0.538. The van der Waals surface area contributed by atoms with Gasteiger partial charge in [-0.05, 0) is 19.8 Å². The molecule has 0 radical (unpaired) electrons. The van der Waals surface area contributed by atoms with E-state index in [1.54, 1.807) is 0 Å². The summed E-state index contributed by atoms with van der Waals surface area (Å²) in [6.07, 6.45) is 2.52. The van der Waals surface area contributed by atoms with Gasteiger partial charge in [0.05, 0.1) is 5.56 Å². The molecule has 1 unspecified atom stereocenters. The van der Waals surface area contributed by atoms with E-state index in [2.05, 4.69) is 0 Å². The molecular formula is C13H18N2O6S. The summed E-state index contributed by atoms with van der Waals surface area (Å²) in [6.45, 7) is 1.43. The second-order valence-corrected chi connectivity index (χ2v) is 7.48. The van der Waals surface area contributed by atoms with Crippen LogP contribution in [0.25, 0.3) is 0 Å².